The molecule has 12 heavy (non-hydrogen) atoms. The average Bonchev–Trinajstić information content (AvgIpc) is 2.02. The largest absolute Gasteiger partial charge is 0.314 e. The van der Waals surface area contributed by atoms with Gasteiger partial charge < -0.3 is 5.32 Å². The second-order valence-corrected chi connectivity index (χ2v) is 4.45. The third-order valence-corrected chi connectivity index (χ3v) is 2.64. The molecule has 0 fully saturated rings. The van der Waals surface area contributed by atoms with Crippen LogP contribution < -0.4 is 5.32 Å². The van der Waals surface area contributed by atoms with Gasteiger partial charge in [0.15, 0.2) is 0 Å². The van der Waals surface area contributed by atoms with Gasteiger partial charge in [-0.05, 0) is 18.3 Å². The van der Waals surface area contributed by atoms with E-state index in [1.807, 2.05) is 0 Å². The summed E-state index contributed by atoms with van der Waals surface area (Å²) in [5, 5.41) is 3.52. The van der Waals surface area contributed by atoms with Crippen molar-refractivity contribution in [3.8, 4) is 0 Å². The zero-order chi connectivity index (χ0) is 9.61. The van der Waals surface area contributed by atoms with Crippen molar-refractivity contribution in [3.05, 3.63) is 0 Å². The quantitative estimate of drug-likeness (QED) is 0.647. The Morgan fingerprint density at radius 1 is 1.25 bits per heavy atom. The van der Waals surface area contributed by atoms with Crippen LogP contribution in [-0.2, 0) is 0 Å². The highest BCUT2D eigenvalue weighted by molar-refractivity contribution is 4.75. The molecule has 0 aliphatic rings. The van der Waals surface area contributed by atoms with Gasteiger partial charge in [-0.1, -0.05) is 41.0 Å². The molecule has 0 aromatic heterocycles. The number of hydrogen-bond acceptors (Lipinski definition) is 1. The van der Waals surface area contributed by atoms with E-state index in [-0.39, 0.29) is 0 Å². The lowest BCUT2D eigenvalue weighted by Crippen LogP contribution is -2.35. The second-order valence-electron chi connectivity index (χ2n) is 4.45. The number of rotatable bonds is 6. The summed E-state index contributed by atoms with van der Waals surface area (Å²) >= 11 is 0. The summed E-state index contributed by atoms with van der Waals surface area (Å²) in [6, 6.07) is 0.618. The topological polar surface area (TPSA) is 12.0 Å². The van der Waals surface area contributed by atoms with Crippen LogP contribution in [-0.4, -0.2) is 12.6 Å². The molecule has 1 heteroatoms. The van der Waals surface area contributed by atoms with Crippen molar-refractivity contribution < 1.29 is 0 Å². The van der Waals surface area contributed by atoms with Crippen LogP contribution in [0.1, 0.15) is 53.9 Å². The van der Waals surface area contributed by atoms with Crippen molar-refractivity contribution in [1.29, 1.82) is 0 Å². The standard InChI is InChI=1S/C11H25N/c1-6-8-11(5,7-2)9-12-10(3)4/h10,12H,6-9H2,1-5H3. The zero-order valence-electron chi connectivity index (χ0n) is 9.41. The molecule has 1 nitrogen and oxygen atoms in total. The fourth-order valence-electron chi connectivity index (χ4n) is 1.44. The molecule has 0 heterocycles. The molecule has 0 rings (SSSR count). The van der Waals surface area contributed by atoms with Crippen molar-refractivity contribution in [2.24, 2.45) is 5.41 Å². The minimum absolute atomic E-state index is 0.513. The van der Waals surface area contributed by atoms with Crippen molar-refractivity contribution >= 4 is 0 Å². The molecule has 1 N–H and O–H groups in total. The molecule has 1 atom stereocenters. The van der Waals surface area contributed by atoms with Gasteiger partial charge in [0.1, 0.15) is 0 Å². The molecule has 0 aliphatic heterocycles. The van der Waals surface area contributed by atoms with Crippen LogP contribution in [0.5, 0.6) is 0 Å². The van der Waals surface area contributed by atoms with Crippen LogP contribution >= 0.6 is 0 Å². The third-order valence-electron chi connectivity index (χ3n) is 2.64. The predicted molar refractivity (Wildman–Crippen MR) is 56.4 cm³/mol. The minimum Gasteiger partial charge on any atom is -0.314 e. The highest BCUT2D eigenvalue weighted by atomic mass is 14.9. The van der Waals surface area contributed by atoms with Gasteiger partial charge in [0.2, 0.25) is 0 Å². The van der Waals surface area contributed by atoms with E-state index in [9.17, 15) is 0 Å². The molecule has 0 spiro atoms. The highest BCUT2D eigenvalue weighted by Gasteiger charge is 2.20. The van der Waals surface area contributed by atoms with E-state index in [1.54, 1.807) is 0 Å². The first-order valence-corrected chi connectivity index (χ1v) is 5.27. The third kappa shape index (κ3) is 4.76. The molecule has 0 aromatic rings. The van der Waals surface area contributed by atoms with Gasteiger partial charge >= 0.3 is 0 Å². The van der Waals surface area contributed by atoms with Gasteiger partial charge in [-0.25, -0.2) is 0 Å². The SMILES string of the molecule is CCCC(C)(CC)CNC(C)C. The Morgan fingerprint density at radius 3 is 2.17 bits per heavy atom. The first kappa shape index (κ1) is 12.0. The molecule has 0 amide bonds. The van der Waals surface area contributed by atoms with Gasteiger partial charge in [0.25, 0.3) is 0 Å². The summed E-state index contributed by atoms with van der Waals surface area (Å²) in [6.07, 6.45) is 3.91. The van der Waals surface area contributed by atoms with Crippen LogP contribution in [0.15, 0.2) is 0 Å². The summed E-state index contributed by atoms with van der Waals surface area (Å²) in [4.78, 5) is 0. The highest BCUT2D eigenvalue weighted by Crippen LogP contribution is 2.26. The predicted octanol–water partition coefficient (Wildman–Crippen LogP) is 3.20. The van der Waals surface area contributed by atoms with Crippen molar-refractivity contribution in [2.75, 3.05) is 6.54 Å². The van der Waals surface area contributed by atoms with Gasteiger partial charge in [-0.2, -0.15) is 0 Å². The Labute approximate surface area is 77.9 Å². The maximum atomic E-state index is 3.52. The molecular formula is C11H25N. The van der Waals surface area contributed by atoms with Crippen LogP contribution in [0.2, 0.25) is 0 Å². The van der Waals surface area contributed by atoms with E-state index in [1.165, 1.54) is 19.3 Å². The first-order valence-electron chi connectivity index (χ1n) is 5.27. The lowest BCUT2D eigenvalue weighted by Gasteiger charge is -2.29. The Kier molecular flexibility index (Phi) is 5.56. The van der Waals surface area contributed by atoms with Crippen molar-refractivity contribution in [1.82, 2.24) is 5.32 Å². The summed E-state index contributed by atoms with van der Waals surface area (Å²) < 4.78 is 0. The fourth-order valence-corrected chi connectivity index (χ4v) is 1.44. The van der Waals surface area contributed by atoms with Crippen LogP contribution in [0.4, 0.5) is 0 Å². The van der Waals surface area contributed by atoms with E-state index >= 15 is 0 Å². The van der Waals surface area contributed by atoms with Gasteiger partial charge in [0.05, 0.1) is 0 Å². The normalized spacial score (nSPS) is 16.5. The smallest absolute Gasteiger partial charge is 0.00106 e. The molecular weight excluding hydrogens is 146 g/mol. The monoisotopic (exact) mass is 171 g/mol. The Hall–Kier alpha value is -0.0400. The fraction of sp³-hybridized carbons (Fsp3) is 1.00. The molecule has 0 radical (unpaired) electrons. The average molecular weight is 171 g/mol. The molecule has 74 valence electrons. The molecule has 0 saturated carbocycles. The second kappa shape index (κ2) is 5.58. The molecule has 0 aromatic carbocycles. The molecule has 0 aliphatic carbocycles. The van der Waals surface area contributed by atoms with Gasteiger partial charge in [0, 0.05) is 12.6 Å². The lowest BCUT2D eigenvalue weighted by atomic mass is 9.83. The Bertz CT molecular complexity index is 110. The summed E-state index contributed by atoms with van der Waals surface area (Å²) in [7, 11) is 0. The first-order chi connectivity index (χ1) is 5.54. The van der Waals surface area contributed by atoms with E-state index in [2.05, 4.69) is 39.9 Å². The lowest BCUT2D eigenvalue weighted by molar-refractivity contribution is 0.259. The summed E-state index contributed by atoms with van der Waals surface area (Å²) in [5.74, 6) is 0. The van der Waals surface area contributed by atoms with Gasteiger partial charge in [-0.3, -0.25) is 0 Å². The van der Waals surface area contributed by atoms with Crippen LogP contribution in [0.25, 0.3) is 0 Å². The molecule has 1 unspecified atom stereocenters. The Morgan fingerprint density at radius 2 is 1.83 bits per heavy atom. The van der Waals surface area contributed by atoms with E-state index < -0.39 is 0 Å². The molecule has 0 saturated heterocycles. The Balaban J connectivity index is 3.78. The molecule has 0 bridgehead atoms. The van der Waals surface area contributed by atoms with E-state index in [0.29, 0.717) is 11.5 Å². The number of hydrogen-bond donors (Lipinski definition) is 1. The van der Waals surface area contributed by atoms with Crippen LogP contribution in [0, 0.1) is 5.41 Å². The van der Waals surface area contributed by atoms with E-state index in [4.69, 9.17) is 0 Å². The van der Waals surface area contributed by atoms with E-state index in [0.717, 1.165) is 6.54 Å². The maximum Gasteiger partial charge on any atom is 0.00106 e. The minimum atomic E-state index is 0.513. The van der Waals surface area contributed by atoms with Gasteiger partial charge in [-0.15, -0.1) is 0 Å². The summed E-state index contributed by atoms with van der Waals surface area (Å²) in [6.45, 7) is 12.5. The number of nitrogens with one attached hydrogen (secondary N) is 1. The van der Waals surface area contributed by atoms with Crippen molar-refractivity contribution in [3.63, 3.8) is 0 Å². The van der Waals surface area contributed by atoms with Crippen molar-refractivity contribution in [2.45, 2.75) is 59.9 Å². The zero-order valence-corrected chi connectivity index (χ0v) is 9.41. The maximum absolute atomic E-state index is 3.52. The summed E-state index contributed by atoms with van der Waals surface area (Å²) in [5.41, 5.74) is 0.513. The van der Waals surface area contributed by atoms with Crippen LogP contribution in [0.3, 0.4) is 0 Å².